The summed E-state index contributed by atoms with van der Waals surface area (Å²) in [5.41, 5.74) is 1.63. The molecule has 4 aromatic rings. The second kappa shape index (κ2) is 11.1. The molecule has 7 nitrogen and oxygen atoms in total. The first-order chi connectivity index (χ1) is 16.3. The molecule has 0 aliphatic carbocycles. The van der Waals surface area contributed by atoms with E-state index in [-0.39, 0.29) is 30.4 Å². The van der Waals surface area contributed by atoms with Gasteiger partial charge in [-0.25, -0.2) is 0 Å². The van der Waals surface area contributed by atoms with Gasteiger partial charge in [-0.1, -0.05) is 41.6 Å². The number of carboxylic acid groups (broad SMARTS) is 1. The van der Waals surface area contributed by atoms with Gasteiger partial charge >= 0.3 is 12.1 Å². The molecule has 2 aromatic carbocycles. The molecule has 0 bridgehead atoms. The van der Waals surface area contributed by atoms with E-state index < -0.39 is 17.7 Å². The fourth-order valence-electron chi connectivity index (χ4n) is 3.29. The van der Waals surface area contributed by atoms with Gasteiger partial charge in [0.1, 0.15) is 0 Å². The average Bonchev–Trinajstić information content (AvgIpc) is 3.32. The molecule has 0 aliphatic heterocycles. The van der Waals surface area contributed by atoms with Crippen LogP contribution < -0.4 is 5.32 Å². The summed E-state index contributed by atoms with van der Waals surface area (Å²) in [6, 6.07) is 15.9. The molecule has 0 saturated heterocycles. The van der Waals surface area contributed by atoms with Crippen molar-refractivity contribution in [1.29, 1.82) is 0 Å². The number of carbonyl (C=O) groups is 1. The van der Waals surface area contributed by atoms with Crippen LogP contribution in [0.25, 0.3) is 34.1 Å². The quantitative estimate of drug-likeness (QED) is 0.307. The summed E-state index contributed by atoms with van der Waals surface area (Å²) in [6.07, 6.45) is -3.13. The first kappa shape index (κ1) is 25.9. The van der Waals surface area contributed by atoms with Gasteiger partial charge in [0.2, 0.25) is 5.82 Å². The third kappa shape index (κ3) is 6.43. The fourth-order valence-corrected chi connectivity index (χ4v) is 3.29. The van der Waals surface area contributed by atoms with Crippen molar-refractivity contribution < 1.29 is 27.6 Å². The SMILES string of the molecule is Cl.O=C(O)CCNCc1ccc(-c2noc(-c3ccc(-c4ncccc4C(F)(F)F)cc3)n2)cc1. The summed E-state index contributed by atoms with van der Waals surface area (Å²) in [5.74, 6) is -0.250. The molecular weight excluding hydrogens is 485 g/mol. The molecule has 0 saturated carbocycles. The lowest BCUT2D eigenvalue weighted by Gasteiger charge is -2.11. The number of hydrogen-bond acceptors (Lipinski definition) is 6. The number of nitrogens with zero attached hydrogens (tertiary/aromatic N) is 3. The zero-order valence-electron chi connectivity index (χ0n) is 18.1. The van der Waals surface area contributed by atoms with Gasteiger partial charge in [-0.3, -0.25) is 9.78 Å². The van der Waals surface area contributed by atoms with E-state index >= 15 is 0 Å². The normalized spacial score (nSPS) is 11.2. The number of hydrogen-bond donors (Lipinski definition) is 2. The largest absolute Gasteiger partial charge is 0.481 e. The number of pyridine rings is 1. The highest BCUT2D eigenvalue weighted by Gasteiger charge is 2.34. The molecule has 0 spiro atoms. The molecule has 35 heavy (non-hydrogen) atoms. The third-order valence-electron chi connectivity index (χ3n) is 5.00. The van der Waals surface area contributed by atoms with E-state index in [0.29, 0.717) is 30.0 Å². The zero-order chi connectivity index (χ0) is 24.1. The number of aromatic nitrogens is 3. The maximum atomic E-state index is 13.3. The number of nitrogens with one attached hydrogen (secondary N) is 1. The summed E-state index contributed by atoms with van der Waals surface area (Å²) in [4.78, 5) is 18.8. The van der Waals surface area contributed by atoms with Crippen LogP contribution >= 0.6 is 12.4 Å². The summed E-state index contributed by atoms with van der Waals surface area (Å²) in [5, 5.41) is 15.7. The Hall–Kier alpha value is -3.76. The molecule has 11 heteroatoms. The van der Waals surface area contributed by atoms with Crippen LogP contribution in [0, 0.1) is 0 Å². The molecular formula is C24H20ClF3N4O3. The molecule has 0 amide bonds. The maximum absolute atomic E-state index is 13.3. The predicted octanol–water partition coefficient (Wildman–Crippen LogP) is 5.47. The van der Waals surface area contributed by atoms with Gasteiger partial charge in [0.15, 0.2) is 0 Å². The highest BCUT2D eigenvalue weighted by Crippen LogP contribution is 2.36. The first-order valence-corrected chi connectivity index (χ1v) is 10.3. The fraction of sp³-hybridized carbons (Fsp3) is 0.167. The molecule has 0 fully saturated rings. The van der Waals surface area contributed by atoms with Crippen LogP contribution in [-0.4, -0.2) is 32.7 Å². The number of aliphatic carboxylic acids is 1. The van der Waals surface area contributed by atoms with Crippen LogP contribution in [0.2, 0.25) is 0 Å². The van der Waals surface area contributed by atoms with Gasteiger partial charge in [-0.15, -0.1) is 12.4 Å². The van der Waals surface area contributed by atoms with Crippen molar-refractivity contribution in [3.63, 3.8) is 0 Å². The minimum Gasteiger partial charge on any atom is -0.481 e. The molecule has 4 rings (SSSR count). The van der Waals surface area contributed by atoms with Crippen LogP contribution in [0.5, 0.6) is 0 Å². The molecule has 0 aliphatic rings. The molecule has 2 aromatic heterocycles. The van der Waals surface area contributed by atoms with Crippen molar-refractivity contribution in [2.24, 2.45) is 0 Å². The molecule has 182 valence electrons. The van der Waals surface area contributed by atoms with Gasteiger partial charge in [0, 0.05) is 36.0 Å². The second-order valence-corrected chi connectivity index (χ2v) is 7.42. The van der Waals surface area contributed by atoms with Crippen molar-refractivity contribution in [2.45, 2.75) is 19.1 Å². The summed E-state index contributed by atoms with van der Waals surface area (Å²) in [6.45, 7) is 0.908. The first-order valence-electron chi connectivity index (χ1n) is 10.3. The lowest BCUT2D eigenvalue weighted by atomic mass is 10.0. The molecule has 2 N–H and O–H groups in total. The monoisotopic (exact) mass is 504 g/mol. The highest BCUT2D eigenvalue weighted by molar-refractivity contribution is 5.85. The molecule has 0 radical (unpaired) electrons. The Bertz CT molecular complexity index is 1280. The lowest BCUT2D eigenvalue weighted by Crippen LogP contribution is -2.17. The average molecular weight is 505 g/mol. The molecule has 2 heterocycles. The van der Waals surface area contributed by atoms with Crippen molar-refractivity contribution in [2.75, 3.05) is 6.54 Å². The number of rotatable bonds is 8. The maximum Gasteiger partial charge on any atom is 0.418 e. The van der Waals surface area contributed by atoms with Gasteiger partial charge < -0.3 is 14.9 Å². The summed E-state index contributed by atoms with van der Waals surface area (Å²) < 4.78 is 45.2. The van der Waals surface area contributed by atoms with Crippen LogP contribution in [-0.2, 0) is 17.5 Å². The Labute approximate surface area is 204 Å². The third-order valence-corrected chi connectivity index (χ3v) is 5.00. The summed E-state index contributed by atoms with van der Waals surface area (Å²) >= 11 is 0. The van der Waals surface area contributed by atoms with Gasteiger partial charge in [-0.2, -0.15) is 18.2 Å². The van der Waals surface area contributed by atoms with Crippen molar-refractivity contribution in [3.8, 4) is 34.1 Å². The van der Waals surface area contributed by atoms with Crippen molar-refractivity contribution in [1.82, 2.24) is 20.4 Å². The summed E-state index contributed by atoms with van der Waals surface area (Å²) in [7, 11) is 0. The standard InChI is InChI=1S/C24H19F3N4O3.ClH/c25-24(26,27)19-2-1-12-29-21(19)16-7-9-18(10-8-16)23-30-22(31-34-23)17-5-3-15(4-6-17)14-28-13-11-20(32)33;/h1-10,12,28H,11,13-14H2,(H,32,33);1H. The second-order valence-electron chi connectivity index (χ2n) is 7.42. The van der Waals surface area contributed by atoms with Crippen LogP contribution in [0.15, 0.2) is 71.4 Å². The lowest BCUT2D eigenvalue weighted by molar-refractivity contribution is -0.138. The predicted molar refractivity (Wildman–Crippen MR) is 125 cm³/mol. The van der Waals surface area contributed by atoms with E-state index in [1.54, 1.807) is 12.1 Å². The Morgan fingerprint density at radius 2 is 1.63 bits per heavy atom. The van der Waals surface area contributed by atoms with E-state index in [2.05, 4.69) is 20.4 Å². The highest BCUT2D eigenvalue weighted by atomic mass is 35.5. The Balaban J connectivity index is 0.00000342. The van der Waals surface area contributed by atoms with Gasteiger partial charge in [-0.05, 0) is 29.8 Å². The Morgan fingerprint density at radius 1 is 0.971 bits per heavy atom. The van der Waals surface area contributed by atoms with E-state index in [1.807, 2.05) is 24.3 Å². The van der Waals surface area contributed by atoms with Crippen LogP contribution in [0.3, 0.4) is 0 Å². The number of halogens is 4. The van der Waals surface area contributed by atoms with E-state index in [0.717, 1.165) is 17.2 Å². The minimum absolute atomic E-state index is 0. The number of carboxylic acids is 1. The minimum atomic E-state index is -4.51. The van der Waals surface area contributed by atoms with Crippen LogP contribution in [0.4, 0.5) is 13.2 Å². The smallest absolute Gasteiger partial charge is 0.418 e. The topological polar surface area (TPSA) is 101 Å². The van der Waals surface area contributed by atoms with Crippen molar-refractivity contribution >= 4 is 18.4 Å². The van der Waals surface area contributed by atoms with E-state index in [9.17, 15) is 18.0 Å². The van der Waals surface area contributed by atoms with Crippen LogP contribution in [0.1, 0.15) is 17.5 Å². The Morgan fingerprint density at radius 3 is 2.29 bits per heavy atom. The zero-order valence-corrected chi connectivity index (χ0v) is 18.9. The number of benzene rings is 2. The van der Waals surface area contributed by atoms with Gasteiger partial charge in [0.25, 0.3) is 5.89 Å². The van der Waals surface area contributed by atoms with Crippen molar-refractivity contribution in [3.05, 3.63) is 78.0 Å². The van der Waals surface area contributed by atoms with E-state index in [4.69, 9.17) is 9.63 Å². The molecule has 0 unspecified atom stereocenters. The number of alkyl halides is 3. The van der Waals surface area contributed by atoms with Gasteiger partial charge in [0.05, 0.1) is 17.7 Å². The molecule has 0 atom stereocenters. The Kier molecular flexibility index (Phi) is 8.21. The van der Waals surface area contributed by atoms with E-state index in [1.165, 1.54) is 24.4 Å².